The van der Waals surface area contributed by atoms with Crippen molar-refractivity contribution in [2.75, 3.05) is 7.11 Å². The van der Waals surface area contributed by atoms with E-state index in [1.807, 2.05) is 36.4 Å². The smallest absolute Gasteiger partial charge is 0.350 e. The minimum absolute atomic E-state index is 0.347. The molecule has 1 unspecified atom stereocenters. The maximum absolute atomic E-state index is 12.8. The van der Waals surface area contributed by atoms with E-state index in [0.717, 1.165) is 10.8 Å². The average Bonchev–Trinajstić information content (AvgIpc) is 2.72. The van der Waals surface area contributed by atoms with E-state index in [9.17, 15) is 14.7 Å². The van der Waals surface area contributed by atoms with Gasteiger partial charge in [-0.2, -0.15) is 0 Å². The highest BCUT2D eigenvalue weighted by Gasteiger charge is 2.40. The zero-order chi connectivity index (χ0) is 19.4. The van der Waals surface area contributed by atoms with Gasteiger partial charge in [-0.05, 0) is 23.3 Å². The number of rotatable bonds is 5. The Hall–Kier alpha value is -3.02. The third-order valence-corrected chi connectivity index (χ3v) is 4.63. The van der Waals surface area contributed by atoms with Gasteiger partial charge in [0.2, 0.25) is 0 Å². The molecule has 138 valence electrons. The lowest BCUT2D eigenvalue weighted by Crippen LogP contribution is -2.38. The first-order chi connectivity index (χ1) is 13.0. The molecule has 3 rings (SSSR count). The number of fused-ring (bicyclic) bond motifs is 1. The fraction of sp³-hybridized carbons (Fsp3) is 0.182. The molecule has 0 aromatic heterocycles. The van der Waals surface area contributed by atoms with Gasteiger partial charge in [0.1, 0.15) is 0 Å². The highest BCUT2D eigenvalue weighted by atomic mass is 16.6. The van der Waals surface area contributed by atoms with Crippen LogP contribution in [0.4, 0.5) is 0 Å². The van der Waals surface area contributed by atoms with E-state index < -0.39 is 23.6 Å². The molecule has 0 radical (unpaired) electrons. The van der Waals surface area contributed by atoms with Gasteiger partial charge in [-0.15, -0.1) is 0 Å². The molecular weight excluding hydrogens is 344 g/mol. The maximum Gasteiger partial charge on any atom is 0.350 e. The number of hydrogen-bond acceptors (Lipinski definition) is 5. The van der Waals surface area contributed by atoms with Crippen molar-refractivity contribution in [2.45, 2.75) is 18.6 Å². The standard InChI is InChI=1S/C22H20O5/c1-22(26-2,18-14-8-12-15-9-6-7-13-17(15)18)21(25)27-20(24)19(23)16-10-4-3-5-11-16/h3-14,19,23H,1-2H3/t19-,22?/m1/s1. The summed E-state index contributed by atoms with van der Waals surface area (Å²) in [6.45, 7) is 1.54. The van der Waals surface area contributed by atoms with Crippen LogP contribution in [-0.2, 0) is 24.7 Å². The van der Waals surface area contributed by atoms with E-state index in [0.29, 0.717) is 11.1 Å². The van der Waals surface area contributed by atoms with Crippen molar-refractivity contribution in [3.63, 3.8) is 0 Å². The Morgan fingerprint density at radius 3 is 2.26 bits per heavy atom. The van der Waals surface area contributed by atoms with Gasteiger partial charge >= 0.3 is 11.9 Å². The van der Waals surface area contributed by atoms with E-state index in [-0.39, 0.29) is 0 Å². The number of hydrogen-bond donors (Lipinski definition) is 1. The lowest BCUT2D eigenvalue weighted by molar-refractivity contribution is -0.180. The van der Waals surface area contributed by atoms with Crippen LogP contribution in [0.15, 0.2) is 72.8 Å². The minimum atomic E-state index is -1.55. The number of aliphatic hydroxyl groups is 1. The summed E-state index contributed by atoms with van der Waals surface area (Å²) in [7, 11) is 1.38. The topological polar surface area (TPSA) is 72.8 Å². The summed E-state index contributed by atoms with van der Waals surface area (Å²) in [6.07, 6.45) is -1.55. The lowest BCUT2D eigenvalue weighted by atomic mass is 9.90. The molecule has 5 heteroatoms. The molecule has 0 saturated carbocycles. The molecule has 0 aliphatic rings. The van der Waals surface area contributed by atoms with Crippen LogP contribution in [0.3, 0.4) is 0 Å². The predicted molar refractivity (Wildman–Crippen MR) is 101 cm³/mol. The highest BCUT2D eigenvalue weighted by Crippen LogP contribution is 2.33. The molecule has 1 N–H and O–H groups in total. The van der Waals surface area contributed by atoms with E-state index >= 15 is 0 Å². The Bertz CT molecular complexity index is 961. The molecule has 0 aliphatic heterocycles. The maximum atomic E-state index is 12.8. The molecule has 0 aliphatic carbocycles. The average molecular weight is 364 g/mol. The second-order valence-corrected chi connectivity index (χ2v) is 6.29. The molecule has 0 heterocycles. The first-order valence-corrected chi connectivity index (χ1v) is 8.50. The predicted octanol–water partition coefficient (Wildman–Crippen LogP) is 3.50. The fourth-order valence-electron chi connectivity index (χ4n) is 2.96. The van der Waals surface area contributed by atoms with Gasteiger partial charge in [0.05, 0.1) is 0 Å². The summed E-state index contributed by atoms with van der Waals surface area (Å²) in [6, 6.07) is 21.3. The van der Waals surface area contributed by atoms with Crippen LogP contribution in [0.1, 0.15) is 24.2 Å². The summed E-state index contributed by atoms with van der Waals surface area (Å²) in [5.74, 6) is -1.93. The summed E-state index contributed by atoms with van der Waals surface area (Å²) < 4.78 is 10.4. The molecule has 0 saturated heterocycles. The van der Waals surface area contributed by atoms with Crippen molar-refractivity contribution < 1.29 is 24.2 Å². The number of benzene rings is 3. The number of carbonyl (C=O) groups excluding carboxylic acids is 2. The zero-order valence-electron chi connectivity index (χ0n) is 15.1. The highest BCUT2D eigenvalue weighted by molar-refractivity contribution is 5.97. The van der Waals surface area contributed by atoms with Gasteiger partial charge in [0, 0.05) is 12.7 Å². The van der Waals surface area contributed by atoms with Crippen LogP contribution >= 0.6 is 0 Å². The Morgan fingerprint density at radius 2 is 1.56 bits per heavy atom. The van der Waals surface area contributed by atoms with Crippen LogP contribution in [-0.4, -0.2) is 24.2 Å². The summed E-state index contributed by atoms with van der Waals surface area (Å²) in [5.41, 5.74) is -0.581. The molecule has 0 spiro atoms. The molecule has 0 amide bonds. The number of esters is 2. The van der Waals surface area contributed by atoms with E-state index in [1.165, 1.54) is 7.11 Å². The van der Waals surface area contributed by atoms with E-state index in [4.69, 9.17) is 9.47 Å². The van der Waals surface area contributed by atoms with Crippen LogP contribution in [0.5, 0.6) is 0 Å². The SMILES string of the molecule is COC(C)(C(=O)OC(=O)[C@H](O)c1ccccc1)c1cccc2ccccc12. The fourth-order valence-corrected chi connectivity index (χ4v) is 2.96. The third kappa shape index (κ3) is 3.60. The van der Waals surface area contributed by atoms with Gasteiger partial charge in [-0.3, -0.25) is 0 Å². The van der Waals surface area contributed by atoms with Gasteiger partial charge in [0.15, 0.2) is 11.7 Å². The number of methoxy groups -OCH3 is 1. The monoisotopic (exact) mass is 364 g/mol. The summed E-state index contributed by atoms with van der Waals surface area (Å²) >= 11 is 0. The Kier molecular flexibility index (Phi) is 5.35. The summed E-state index contributed by atoms with van der Waals surface area (Å²) in [4.78, 5) is 25.1. The van der Waals surface area contributed by atoms with Crippen molar-refractivity contribution in [2.24, 2.45) is 0 Å². The van der Waals surface area contributed by atoms with Crippen LogP contribution < -0.4 is 0 Å². The van der Waals surface area contributed by atoms with Gasteiger partial charge in [-0.25, -0.2) is 9.59 Å². The van der Waals surface area contributed by atoms with Crippen molar-refractivity contribution >= 4 is 22.7 Å². The van der Waals surface area contributed by atoms with Crippen molar-refractivity contribution in [3.8, 4) is 0 Å². The molecule has 0 fully saturated rings. The number of carbonyl (C=O) groups is 2. The summed E-state index contributed by atoms with van der Waals surface area (Å²) in [5, 5.41) is 11.9. The second-order valence-electron chi connectivity index (χ2n) is 6.29. The zero-order valence-corrected chi connectivity index (χ0v) is 15.1. The molecule has 3 aromatic carbocycles. The van der Waals surface area contributed by atoms with Crippen molar-refractivity contribution in [1.29, 1.82) is 0 Å². The van der Waals surface area contributed by atoms with E-state index in [2.05, 4.69) is 0 Å². The van der Waals surface area contributed by atoms with Crippen LogP contribution in [0.2, 0.25) is 0 Å². The lowest BCUT2D eigenvalue weighted by Gasteiger charge is -2.27. The normalized spacial score (nSPS) is 14.3. The number of aliphatic hydroxyl groups excluding tert-OH is 1. The molecular formula is C22H20O5. The largest absolute Gasteiger partial charge is 0.389 e. The second kappa shape index (κ2) is 7.70. The Morgan fingerprint density at radius 1 is 0.926 bits per heavy atom. The third-order valence-electron chi connectivity index (χ3n) is 4.63. The van der Waals surface area contributed by atoms with Crippen molar-refractivity contribution in [3.05, 3.63) is 83.9 Å². The molecule has 3 aromatic rings. The molecule has 0 bridgehead atoms. The molecule has 5 nitrogen and oxygen atoms in total. The van der Waals surface area contributed by atoms with Gasteiger partial charge < -0.3 is 14.6 Å². The molecule has 27 heavy (non-hydrogen) atoms. The minimum Gasteiger partial charge on any atom is -0.389 e. The first kappa shape index (κ1) is 18.8. The first-order valence-electron chi connectivity index (χ1n) is 8.50. The Balaban J connectivity index is 1.90. The van der Waals surface area contributed by atoms with Crippen molar-refractivity contribution in [1.82, 2.24) is 0 Å². The van der Waals surface area contributed by atoms with Crippen LogP contribution in [0.25, 0.3) is 10.8 Å². The van der Waals surface area contributed by atoms with E-state index in [1.54, 1.807) is 43.3 Å². The van der Waals surface area contributed by atoms with Crippen LogP contribution in [0, 0.1) is 0 Å². The Labute approximate surface area is 157 Å². The quantitative estimate of drug-likeness (QED) is 0.554. The molecule has 2 atom stereocenters. The number of ether oxygens (including phenoxy) is 2. The van der Waals surface area contributed by atoms with Gasteiger partial charge in [-0.1, -0.05) is 72.8 Å². The van der Waals surface area contributed by atoms with Gasteiger partial charge in [0.25, 0.3) is 0 Å².